The molecule has 1 atom stereocenters. The number of carbonyl (C=O) groups is 1. The zero-order valence-electron chi connectivity index (χ0n) is 11.2. The molecule has 0 heterocycles. The van der Waals surface area contributed by atoms with Gasteiger partial charge in [-0.05, 0) is 43.3 Å². The Bertz CT molecular complexity index is 674. The van der Waals surface area contributed by atoms with Crippen molar-refractivity contribution in [2.24, 2.45) is 5.73 Å². The molecule has 21 heavy (non-hydrogen) atoms. The highest BCUT2D eigenvalue weighted by atomic mass is 35.5. The summed E-state index contributed by atoms with van der Waals surface area (Å²) >= 11 is 12.0. The number of nitrogens with two attached hydrogens (primary N) is 1. The number of nitrogens with one attached hydrogen (secondary N) is 1. The highest BCUT2D eigenvalue weighted by Crippen LogP contribution is 2.34. The van der Waals surface area contributed by atoms with E-state index < -0.39 is 11.7 Å². The van der Waals surface area contributed by atoms with Crippen LogP contribution >= 0.6 is 23.2 Å². The molecule has 0 aliphatic carbocycles. The molecule has 1 amide bonds. The Labute approximate surface area is 131 Å². The van der Waals surface area contributed by atoms with Crippen LogP contribution in [0.5, 0.6) is 0 Å². The fraction of sp³-hybridized carbons (Fsp3) is 0.133. The minimum absolute atomic E-state index is 0.00347. The predicted octanol–water partition coefficient (Wildman–Crippen LogP) is 4.40. The Morgan fingerprint density at radius 3 is 2.38 bits per heavy atom. The molecule has 0 aromatic heterocycles. The van der Waals surface area contributed by atoms with Gasteiger partial charge in [-0.3, -0.25) is 4.79 Å². The highest BCUT2D eigenvalue weighted by molar-refractivity contribution is 6.36. The zero-order chi connectivity index (χ0) is 15.6. The number of benzene rings is 2. The normalized spacial score (nSPS) is 12.0. The molecule has 0 saturated heterocycles. The van der Waals surface area contributed by atoms with E-state index in [1.54, 1.807) is 24.3 Å². The summed E-state index contributed by atoms with van der Waals surface area (Å²) in [6, 6.07) is 9.00. The second kappa shape index (κ2) is 6.33. The van der Waals surface area contributed by atoms with Crippen molar-refractivity contribution in [2.45, 2.75) is 13.0 Å². The van der Waals surface area contributed by atoms with E-state index in [1.807, 2.05) is 6.92 Å². The molecule has 2 rings (SSSR count). The van der Waals surface area contributed by atoms with Gasteiger partial charge in [0.1, 0.15) is 5.82 Å². The van der Waals surface area contributed by atoms with E-state index in [1.165, 1.54) is 12.1 Å². The number of carbonyl (C=O) groups excluding carboxylic acids is 1. The molecule has 0 saturated carbocycles. The molecule has 0 fully saturated rings. The summed E-state index contributed by atoms with van der Waals surface area (Å²) in [6.07, 6.45) is 0. The van der Waals surface area contributed by atoms with E-state index in [9.17, 15) is 9.18 Å². The summed E-state index contributed by atoms with van der Waals surface area (Å²) in [6.45, 7) is 1.81. The van der Waals surface area contributed by atoms with E-state index in [0.29, 0.717) is 16.1 Å². The van der Waals surface area contributed by atoms with Gasteiger partial charge < -0.3 is 11.1 Å². The Morgan fingerprint density at radius 1 is 1.19 bits per heavy atom. The molecule has 110 valence electrons. The minimum atomic E-state index is -0.520. The van der Waals surface area contributed by atoms with Crippen LogP contribution < -0.4 is 11.1 Å². The van der Waals surface area contributed by atoms with Crippen LogP contribution in [0.25, 0.3) is 0 Å². The molecule has 0 spiro atoms. The fourth-order valence-electron chi connectivity index (χ4n) is 1.99. The maximum atomic E-state index is 13.5. The lowest BCUT2D eigenvalue weighted by atomic mass is 10.1. The first kappa shape index (κ1) is 15.6. The number of primary amides is 1. The van der Waals surface area contributed by atoms with Gasteiger partial charge in [0.15, 0.2) is 0 Å². The van der Waals surface area contributed by atoms with Gasteiger partial charge in [-0.25, -0.2) is 4.39 Å². The van der Waals surface area contributed by atoms with Crippen molar-refractivity contribution >= 4 is 34.8 Å². The second-order valence-corrected chi connectivity index (χ2v) is 5.35. The highest BCUT2D eigenvalue weighted by Gasteiger charge is 2.17. The largest absolute Gasteiger partial charge is 0.378 e. The lowest BCUT2D eigenvalue weighted by Crippen LogP contribution is -2.11. The topological polar surface area (TPSA) is 55.1 Å². The van der Waals surface area contributed by atoms with Gasteiger partial charge in [0.05, 0.1) is 11.1 Å². The van der Waals surface area contributed by atoms with Crippen molar-refractivity contribution in [2.75, 3.05) is 5.32 Å². The second-order valence-electron chi connectivity index (χ2n) is 4.56. The summed E-state index contributed by atoms with van der Waals surface area (Å²) in [7, 11) is 0. The zero-order valence-corrected chi connectivity index (χ0v) is 12.7. The molecular formula is C15H13Cl2FN2O. The number of anilines is 1. The third-order valence-corrected chi connectivity index (χ3v) is 3.78. The summed E-state index contributed by atoms with van der Waals surface area (Å²) in [5.41, 5.74) is 6.81. The maximum Gasteiger partial charge on any atom is 0.248 e. The van der Waals surface area contributed by atoms with Crippen molar-refractivity contribution in [1.82, 2.24) is 0 Å². The minimum Gasteiger partial charge on any atom is -0.378 e. The van der Waals surface area contributed by atoms with Crippen molar-refractivity contribution in [3.8, 4) is 0 Å². The molecule has 2 aromatic rings. The van der Waals surface area contributed by atoms with E-state index >= 15 is 0 Å². The molecule has 2 aromatic carbocycles. The lowest BCUT2D eigenvalue weighted by molar-refractivity contribution is 0.100. The third-order valence-electron chi connectivity index (χ3n) is 3.07. The maximum absolute atomic E-state index is 13.5. The Morgan fingerprint density at radius 2 is 1.81 bits per heavy atom. The number of rotatable bonds is 4. The molecular weight excluding hydrogens is 314 g/mol. The summed E-state index contributed by atoms with van der Waals surface area (Å²) < 4.78 is 13.5. The number of halogens is 3. The predicted molar refractivity (Wildman–Crippen MR) is 83.4 cm³/mol. The van der Waals surface area contributed by atoms with Crippen LogP contribution in [-0.2, 0) is 0 Å². The molecule has 3 N–H and O–H groups in total. The van der Waals surface area contributed by atoms with Crippen LogP contribution in [0.4, 0.5) is 10.1 Å². The van der Waals surface area contributed by atoms with Gasteiger partial charge in [0.25, 0.3) is 0 Å². The van der Waals surface area contributed by atoms with Crippen molar-refractivity contribution in [1.29, 1.82) is 0 Å². The number of amides is 1. The van der Waals surface area contributed by atoms with Crippen LogP contribution in [0.2, 0.25) is 10.0 Å². The summed E-state index contributed by atoms with van der Waals surface area (Å²) in [5.74, 6) is -1.01. The average Bonchev–Trinajstić information content (AvgIpc) is 2.44. The van der Waals surface area contributed by atoms with Crippen LogP contribution in [0.15, 0.2) is 36.4 Å². The lowest BCUT2D eigenvalue weighted by Gasteiger charge is -2.18. The van der Waals surface area contributed by atoms with Gasteiger partial charge in [0, 0.05) is 21.8 Å². The van der Waals surface area contributed by atoms with Gasteiger partial charge in [-0.2, -0.15) is 0 Å². The van der Waals surface area contributed by atoms with Gasteiger partial charge in [-0.1, -0.05) is 23.2 Å². The van der Waals surface area contributed by atoms with Gasteiger partial charge in [-0.15, -0.1) is 0 Å². The fourth-order valence-corrected chi connectivity index (χ4v) is 2.69. The van der Waals surface area contributed by atoms with Gasteiger partial charge >= 0.3 is 0 Å². The van der Waals surface area contributed by atoms with E-state index in [2.05, 4.69) is 5.32 Å². The van der Waals surface area contributed by atoms with Gasteiger partial charge in [0.2, 0.25) is 5.91 Å². The Hall–Kier alpha value is -1.78. The van der Waals surface area contributed by atoms with Crippen LogP contribution in [0, 0.1) is 5.82 Å². The van der Waals surface area contributed by atoms with E-state index in [4.69, 9.17) is 28.9 Å². The monoisotopic (exact) mass is 326 g/mol. The van der Waals surface area contributed by atoms with Crippen LogP contribution in [0.1, 0.15) is 28.9 Å². The van der Waals surface area contributed by atoms with Crippen LogP contribution in [-0.4, -0.2) is 5.91 Å². The Balaban J connectivity index is 2.24. The molecule has 6 heteroatoms. The first-order valence-electron chi connectivity index (χ1n) is 6.20. The third kappa shape index (κ3) is 3.46. The Kier molecular flexibility index (Phi) is 4.70. The number of hydrogen-bond acceptors (Lipinski definition) is 2. The smallest absolute Gasteiger partial charge is 0.248 e. The molecule has 0 aliphatic heterocycles. The van der Waals surface area contributed by atoms with Crippen molar-refractivity contribution in [3.63, 3.8) is 0 Å². The standard InChI is InChI=1S/C15H13Cl2FN2O/c1-8(13-11(16)6-7-12(18)14(13)17)20-10-4-2-9(3-5-10)15(19)21/h2-8,20H,1H3,(H2,19,21). The average molecular weight is 327 g/mol. The molecule has 1 unspecified atom stereocenters. The van der Waals surface area contributed by atoms with Crippen molar-refractivity contribution < 1.29 is 9.18 Å². The quantitative estimate of drug-likeness (QED) is 0.818. The SMILES string of the molecule is CC(Nc1ccc(C(N)=O)cc1)c1c(Cl)ccc(F)c1Cl. The van der Waals surface area contributed by atoms with Crippen LogP contribution in [0.3, 0.4) is 0 Å². The molecule has 0 radical (unpaired) electrons. The van der Waals surface area contributed by atoms with E-state index in [-0.39, 0.29) is 11.1 Å². The summed E-state index contributed by atoms with van der Waals surface area (Å²) in [5, 5.41) is 3.53. The first-order valence-corrected chi connectivity index (χ1v) is 6.95. The molecule has 0 aliphatic rings. The number of hydrogen-bond donors (Lipinski definition) is 2. The molecule has 3 nitrogen and oxygen atoms in total. The summed E-state index contributed by atoms with van der Waals surface area (Å²) in [4.78, 5) is 11.0. The first-order chi connectivity index (χ1) is 9.90. The van der Waals surface area contributed by atoms with E-state index in [0.717, 1.165) is 5.69 Å². The molecule has 0 bridgehead atoms. The van der Waals surface area contributed by atoms with Crippen molar-refractivity contribution in [3.05, 3.63) is 63.4 Å².